The summed E-state index contributed by atoms with van der Waals surface area (Å²) in [7, 11) is -1.35. The van der Waals surface area contributed by atoms with Crippen LogP contribution in [0.3, 0.4) is 0 Å². The average molecular weight is 640 g/mol. The van der Waals surface area contributed by atoms with Crippen molar-refractivity contribution in [2.45, 2.75) is 78.2 Å². The third-order valence-electron chi connectivity index (χ3n) is 8.15. The smallest absolute Gasteiger partial charge is 0.217 e. The van der Waals surface area contributed by atoms with Crippen LogP contribution in [0.15, 0.2) is 97.1 Å². The zero-order valence-corrected chi connectivity index (χ0v) is 27.9. The number of carbonyl (C=O) groups excluding carboxylic acids is 1. The van der Waals surface area contributed by atoms with Gasteiger partial charge in [-0.25, -0.2) is 0 Å². The van der Waals surface area contributed by atoms with E-state index >= 15 is 0 Å². The number of ether oxygens (including phenoxy) is 4. The molecule has 1 N–H and O–H groups in total. The highest BCUT2D eigenvalue weighted by Crippen LogP contribution is 2.44. The van der Waals surface area contributed by atoms with E-state index in [9.17, 15) is 4.79 Å². The van der Waals surface area contributed by atoms with Gasteiger partial charge in [-0.3, -0.25) is 4.79 Å². The summed E-state index contributed by atoms with van der Waals surface area (Å²) in [5.41, 5.74) is 6.55. The van der Waals surface area contributed by atoms with Gasteiger partial charge in [0.2, 0.25) is 5.91 Å². The maximum atomic E-state index is 12.8. The monoisotopic (exact) mass is 639 g/mol. The summed E-state index contributed by atoms with van der Waals surface area (Å²) in [6, 6.07) is 32.3. The standard InChI is InChI=1S/C38H42NO6P/c1-24-16-25(2)19-31(18-24)46(32-20-26(3)17-27(4)21-32)45-36-34(39-28(5)40)38(41-22-29-12-8-6-9-13-29)43-33-23-42-37(44-35(33)36)30-14-10-7-11-15-30/h6-21,33-38H,22-23H2,1-5H3,(H,39,40)/t33-,34-,35-,36+,37?,38+/m1/s1. The first-order valence-electron chi connectivity index (χ1n) is 15.8. The highest BCUT2D eigenvalue weighted by molar-refractivity contribution is 7.68. The molecule has 240 valence electrons. The van der Waals surface area contributed by atoms with Gasteiger partial charge >= 0.3 is 0 Å². The molecule has 0 aliphatic carbocycles. The van der Waals surface area contributed by atoms with Crippen LogP contribution >= 0.6 is 8.15 Å². The van der Waals surface area contributed by atoms with Gasteiger partial charge in [-0.05, 0) is 57.5 Å². The van der Waals surface area contributed by atoms with Crippen LogP contribution in [0.4, 0.5) is 0 Å². The Bertz CT molecular complexity index is 1540. The van der Waals surface area contributed by atoms with Crippen LogP contribution in [0.2, 0.25) is 0 Å². The van der Waals surface area contributed by atoms with Gasteiger partial charge in [-0.2, -0.15) is 0 Å². The summed E-state index contributed by atoms with van der Waals surface area (Å²) in [4.78, 5) is 12.8. The van der Waals surface area contributed by atoms with Crippen LogP contribution in [-0.4, -0.2) is 43.2 Å². The Balaban J connectivity index is 1.42. The van der Waals surface area contributed by atoms with Crippen LogP contribution < -0.4 is 15.9 Å². The van der Waals surface area contributed by atoms with Crippen LogP contribution in [0.25, 0.3) is 0 Å². The van der Waals surface area contributed by atoms with Crippen molar-refractivity contribution in [1.29, 1.82) is 0 Å². The molecule has 2 aliphatic heterocycles. The molecule has 2 fully saturated rings. The van der Waals surface area contributed by atoms with Gasteiger partial charge in [0.1, 0.15) is 24.4 Å². The highest BCUT2D eigenvalue weighted by Gasteiger charge is 2.52. The van der Waals surface area contributed by atoms with Crippen molar-refractivity contribution >= 4 is 24.7 Å². The van der Waals surface area contributed by atoms with Gasteiger partial charge in [-0.15, -0.1) is 0 Å². The van der Waals surface area contributed by atoms with Crippen molar-refractivity contribution in [3.8, 4) is 0 Å². The first-order chi connectivity index (χ1) is 22.2. The highest BCUT2D eigenvalue weighted by atomic mass is 31.1. The number of hydrogen-bond donors (Lipinski definition) is 1. The van der Waals surface area contributed by atoms with Crippen LogP contribution in [0.1, 0.15) is 46.6 Å². The molecule has 2 heterocycles. The summed E-state index contributed by atoms with van der Waals surface area (Å²) < 4.78 is 33.2. The van der Waals surface area contributed by atoms with Crippen molar-refractivity contribution in [2.24, 2.45) is 0 Å². The molecule has 2 aliphatic rings. The molecule has 4 aromatic rings. The Morgan fingerprint density at radius 2 is 1.37 bits per heavy atom. The van der Waals surface area contributed by atoms with Gasteiger partial charge in [0.05, 0.1) is 21.4 Å². The van der Waals surface area contributed by atoms with Crippen LogP contribution in [-0.2, 0) is 34.9 Å². The summed E-state index contributed by atoms with van der Waals surface area (Å²) >= 11 is 0. The molecule has 0 radical (unpaired) electrons. The van der Waals surface area contributed by atoms with Crippen LogP contribution in [0, 0.1) is 27.7 Å². The van der Waals surface area contributed by atoms with Crippen molar-refractivity contribution in [3.63, 3.8) is 0 Å². The molecule has 7 nitrogen and oxygen atoms in total. The molecule has 6 atom stereocenters. The number of rotatable bonds is 9. The lowest BCUT2D eigenvalue weighted by molar-refractivity contribution is -0.342. The van der Waals surface area contributed by atoms with Crippen LogP contribution in [0.5, 0.6) is 0 Å². The number of amides is 1. The molecule has 0 bridgehead atoms. The quantitative estimate of drug-likeness (QED) is 0.220. The maximum Gasteiger partial charge on any atom is 0.217 e. The normalized spacial score (nSPS) is 24.4. The third kappa shape index (κ3) is 7.75. The van der Waals surface area contributed by atoms with Gasteiger partial charge in [0.25, 0.3) is 0 Å². The number of aryl methyl sites for hydroxylation is 4. The van der Waals surface area contributed by atoms with E-state index in [0.717, 1.165) is 44.0 Å². The minimum absolute atomic E-state index is 0.206. The van der Waals surface area contributed by atoms with Gasteiger partial charge in [0.15, 0.2) is 12.6 Å². The predicted molar refractivity (Wildman–Crippen MR) is 180 cm³/mol. The summed E-state index contributed by atoms with van der Waals surface area (Å²) in [6.45, 7) is 10.5. The molecule has 0 saturated carbocycles. The van der Waals surface area contributed by atoms with E-state index in [1.165, 1.54) is 6.92 Å². The molecule has 0 aromatic heterocycles. The van der Waals surface area contributed by atoms with E-state index in [0.29, 0.717) is 6.61 Å². The number of hydrogen-bond acceptors (Lipinski definition) is 6. The Labute approximate surface area is 273 Å². The molecule has 6 rings (SSSR count). The molecule has 46 heavy (non-hydrogen) atoms. The van der Waals surface area contributed by atoms with Gasteiger partial charge in [0, 0.05) is 23.1 Å². The Morgan fingerprint density at radius 3 is 1.93 bits per heavy atom. The van der Waals surface area contributed by atoms with Crippen molar-refractivity contribution in [2.75, 3.05) is 6.61 Å². The van der Waals surface area contributed by atoms with E-state index in [2.05, 4.69) is 69.4 Å². The van der Waals surface area contributed by atoms with Crippen molar-refractivity contribution < 1.29 is 28.3 Å². The third-order valence-corrected chi connectivity index (χ3v) is 10.1. The SMILES string of the molecule is CC(=O)N[C@H]1[C@@H](OCc2ccccc2)O[C@@H]2COC(c3ccccc3)O[C@H]2[C@H]1OP(c1cc(C)cc(C)c1)c1cc(C)cc(C)c1. The van der Waals surface area contributed by atoms with Crippen molar-refractivity contribution in [1.82, 2.24) is 5.32 Å². The molecule has 8 heteroatoms. The Kier molecular flexibility index (Phi) is 10.3. The zero-order chi connectivity index (χ0) is 32.2. The van der Waals surface area contributed by atoms with E-state index in [1.807, 2.05) is 60.7 Å². The van der Waals surface area contributed by atoms with Gasteiger partial charge in [-0.1, -0.05) is 95.1 Å². The van der Waals surface area contributed by atoms with E-state index < -0.39 is 45.1 Å². The lowest BCUT2D eigenvalue weighted by Crippen LogP contribution is -2.67. The first kappa shape index (κ1) is 32.5. The second kappa shape index (κ2) is 14.6. The molecular formula is C38H42NO6P. The lowest BCUT2D eigenvalue weighted by Gasteiger charge is -2.50. The fraction of sp³-hybridized carbons (Fsp3) is 0.342. The molecule has 0 spiro atoms. The summed E-state index contributed by atoms with van der Waals surface area (Å²) in [6.07, 6.45) is -3.05. The lowest BCUT2D eigenvalue weighted by atomic mass is 9.95. The minimum atomic E-state index is -1.35. The molecule has 1 unspecified atom stereocenters. The number of nitrogens with one attached hydrogen (secondary N) is 1. The second-order valence-electron chi connectivity index (χ2n) is 12.3. The minimum Gasteiger partial charge on any atom is -0.346 e. The van der Waals surface area contributed by atoms with Gasteiger partial charge < -0.3 is 28.8 Å². The largest absolute Gasteiger partial charge is 0.346 e. The maximum absolute atomic E-state index is 12.8. The zero-order valence-electron chi connectivity index (χ0n) is 27.0. The second-order valence-corrected chi connectivity index (χ2v) is 14.1. The Hall–Kier alpha value is -3.42. The van der Waals surface area contributed by atoms with E-state index in [4.69, 9.17) is 23.5 Å². The summed E-state index contributed by atoms with van der Waals surface area (Å²) in [5, 5.41) is 5.32. The topological polar surface area (TPSA) is 75.3 Å². The molecule has 1 amide bonds. The number of fused-ring (bicyclic) bond motifs is 1. The summed E-state index contributed by atoms with van der Waals surface area (Å²) in [5.74, 6) is -0.206. The van der Waals surface area contributed by atoms with Crippen molar-refractivity contribution in [3.05, 3.63) is 130 Å². The average Bonchev–Trinajstić information content (AvgIpc) is 3.03. The molecule has 2 saturated heterocycles. The van der Waals surface area contributed by atoms with E-state index in [1.54, 1.807) is 0 Å². The fourth-order valence-electron chi connectivity index (χ4n) is 6.29. The van der Waals surface area contributed by atoms with E-state index in [-0.39, 0.29) is 12.5 Å². The number of benzene rings is 4. The fourth-order valence-corrected chi connectivity index (χ4v) is 8.61. The number of carbonyl (C=O) groups is 1. The first-order valence-corrected chi connectivity index (χ1v) is 17.0. The Morgan fingerprint density at radius 1 is 0.804 bits per heavy atom. The molecule has 4 aromatic carbocycles. The molecular weight excluding hydrogens is 597 g/mol. The predicted octanol–water partition coefficient (Wildman–Crippen LogP) is 6.21.